The number of hydrogen-bond donors (Lipinski definition) is 2. The molecule has 2 N–H and O–H groups in total. The molecule has 8 heteroatoms. The molecular formula is C15H21ClIN5O. The summed E-state index contributed by atoms with van der Waals surface area (Å²) >= 11 is 5.86. The Bertz CT molecular complexity index is 649. The molecule has 0 spiro atoms. The van der Waals surface area contributed by atoms with Crippen LogP contribution in [-0.4, -0.2) is 28.7 Å². The molecule has 0 atom stereocenters. The van der Waals surface area contributed by atoms with Crippen molar-refractivity contribution in [3.8, 4) is 11.4 Å². The van der Waals surface area contributed by atoms with Gasteiger partial charge in [0.05, 0.1) is 6.54 Å². The second-order valence-corrected chi connectivity index (χ2v) is 6.26. The first-order valence-corrected chi connectivity index (χ1v) is 7.32. The first-order chi connectivity index (χ1) is 10.4. The number of halogens is 2. The van der Waals surface area contributed by atoms with E-state index in [4.69, 9.17) is 16.1 Å². The molecule has 23 heavy (non-hydrogen) atoms. The van der Waals surface area contributed by atoms with Crippen molar-refractivity contribution in [2.45, 2.75) is 32.9 Å². The van der Waals surface area contributed by atoms with Gasteiger partial charge in [-0.25, -0.2) is 0 Å². The summed E-state index contributed by atoms with van der Waals surface area (Å²) in [5, 5.41) is 11.0. The number of nitrogens with zero attached hydrogens (tertiary/aromatic N) is 3. The maximum atomic E-state index is 5.86. The zero-order valence-electron chi connectivity index (χ0n) is 13.6. The van der Waals surface area contributed by atoms with E-state index in [9.17, 15) is 0 Å². The van der Waals surface area contributed by atoms with Crippen molar-refractivity contribution in [3.05, 3.63) is 35.2 Å². The summed E-state index contributed by atoms with van der Waals surface area (Å²) in [5.74, 6) is 1.70. The monoisotopic (exact) mass is 449 g/mol. The van der Waals surface area contributed by atoms with Crippen LogP contribution in [0.1, 0.15) is 26.7 Å². The van der Waals surface area contributed by atoms with Crippen LogP contribution >= 0.6 is 35.6 Å². The maximum absolute atomic E-state index is 5.86. The molecule has 1 aromatic carbocycles. The van der Waals surface area contributed by atoms with Gasteiger partial charge in [-0.2, -0.15) is 4.98 Å². The molecule has 0 radical (unpaired) electrons. The van der Waals surface area contributed by atoms with Gasteiger partial charge < -0.3 is 15.2 Å². The number of rotatable bonds is 3. The number of aliphatic imine (C=N–C) groups is 1. The third-order valence-electron chi connectivity index (χ3n) is 2.69. The third kappa shape index (κ3) is 6.34. The van der Waals surface area contributed by atoms with Crippen LogP contribution < -0.4 is 10.6 Å². The molecule has 0 fully saturated rings. The van der Waals surface area contributed by atoms with E-state index < -0.39 is 0 Å². The summed E-state index contributed by atoms with van der Waals surface area (Å²) < 4.78 is 5.23. The van der Waals surface area contributed by atoms with Gasteiger partial charge in [-0.1, -0.05) is 16.8 Å². The molecule has 0 aliphatic rings. The molecule has 1 heterocycles. The van der Waals surface area contributed by atoms with Gasteiger partial charge in [0.15, 0.2) is 5.96 Å². The van der Waals surface area contributed by atoms with E-state index in [1.54, 1.807) is 19.2 Å². The van der Waals surface area contributed by atoms with Gasteiger partial charge in [-0.05, 0) is 45.0 Å². The minimum Gasteiger partial charge on any atom is -0.352 e. The van der Waals surface area contributed by atoms with Gasteiger partial charge in [0.2, 0.25) is 11.7 Å². The van der Waals surface area contributed by atoms with Crippen molar-refractivity contribution in [1.29, 1.82) is 0 Å². The number of guanidine groups is 1. The molecule has 126 valence electrons. The van der Waals surface area contributed by atoms with Crippen LogP contribution in [0.15, 0.2) is 33.8 Å². The summed E-state index contributed by atoms with van der Waals surface area (Å²) in [6.07, 6.45) is 0. The highest BCUT2D eigenvalue weighted by Crippen LogP contribution is 2.18. The van der Waals surface area contributed by atoms with Gasteiger partial charge in [0, 0.05) is 23.2 Å². The fourth-order valence-corrected chi connectivity index (χ4v) is 1.86. The van der Waals surface area contributed by atoms with Crippen molar-refractivity contribution in [2.24, 2.45) is 4.99 Å². The van der Waals surface area contributed by atoms with Crippen LogP contribution in [-0.2, 0) is 6.54 Å². The molecule has 0 unspecified atom stereocenters. The van der Waals surface area contributed by atoms with Crippen LogP contribution in [0.5, 0.6) is 0 Å². The van der Waals surface area contributed by atoms with Gasteiger partial charge in [-0.15, -0.1) is 24.0 Å². The normalized spacial score (nSPS) is 11.8. The summed E-state index contributed by atoms with van der Waals surface area (Å²) in [5.41, 5.74) is 0.780. The van der Waals surface area contributed by atoms with Crippen LogP contribution in [0.4, 0.5) is 0 Å². The van der Waals surface area contributed by atoms with Gasteiger partial charge in [0.1, 0.15) is 0 Å². The van der Waals surface area contributed by atoms with E-state index in [-0.39, 0.29) is 29.5 Å². The number of aromatic nitrogens is 2. The topological polar surface area (TPSA) is 75.3 Å². The molecule has 1 aromatic heterocycles. The van der Waals surface area contributed by atoms with E-state index in [2.05, 4.69) is 46.5 Å². The number of benzene rings is 1. The molecule has 2 rings (SSSR count). The average molecular weight is 450 g/mol. The number of hydrogen-bond acceptors (Lipinski definition) is 4. The summed E-state index contributed by atoms with van der Waals surface area (Å²) in [6, 6.07) is 7.29. The van der Waals surface area contributed by atoms with Crippen LogP contribution in [0.2, 0.25) is 5.02 Å². The number of nitrogens with one attached hydrogen (secondary N) is 2. The lowest BCUT2D eigenvalue weighted by Gasteiger charge is -2.23. The maximum Gasteiger partial charge on any atom is 0.246 e. The Kier molecular flexibility index (Phi) is 7.27. The van der Waals surface area contributed by atoms with Crippen LogP contribution in [0, 0.1) is 0 Å². The lowest BCUT2D eigenvalue weighted by molar-refractivity contribution is 0.374. The standard InChI is InChI=1S/C15H20ClN5O.HI/c1-15(2,3)20-14(17-4)18-9-12-19-13(21-22-12)10-5-7-11(16)8-6-10;/h5-8H,9H2,1-4H3,(H2,17,18,20);1H. The van der Waals surface area contributed by atoms with E-state index in [0.717, 1.165) is 5.56 Å². The largest absolute Gasteiger partial charge is 0.352 e. The molecule has 0 amide bonds. The Morgan fingerprint density at radius 2 is 1.91 bits per heavy atom. The average Bonchev–Trinajstić information content (AvgIpc) is 2.92. The highest BCUT2D eigenvalue weighted by molar-refractivity contribution is 14.0. The fraction of sp³-hybridized carbons (Fsp3) is 0.400. The lowest BCUT2D eigenvalue weighted by Crippen LogP contribution is -2.47. The Hall–Kier alpha value is -1.35. The SMILES string of the molecule is CN=C(NCc1nc(-c2ccc(Cl)cc2)no1)NC(C)(C)C.I. The molecular weight excluding hydrogens is 429 g/mol. The first kappa shape index (κ1) is 19.7. The second kappa shape index (κ2) is 8.49. The molecule has 6 nitrogen and oxygen atoms in total. The second-order valence-electron chi connectivity index (χ2n) is 5.82. The molecule has 0 aliphatic carbocycles. The first-order valence-electron chi connectivity index (χ1n) is 6.95. The van der Waals surface area contributed by atoms with E-state index in [1.165, 1.54) is 0 Å². The molecule has 0 aliphatic heterocycles. The van der Waals surface area contributed by atoms with Crippen molar-refractivity contribution in [2.75, 3.05) is 7.05 Å². The van der Waals surface area contributed by atoms with Crippen LogP contribution in [0.3, 0.4) is 0 Å². The highest BCUT2D eigenvalue weighted by Gasteiger charge is 2.13. The highest BCUT2D eigenvalue weighted by atomic mass is 127. The third-order valence-corrected chi connectivity index (χ3v) is 2.95. The minimum absolute atomic E-state index is 0. The summed E-state index contributed by atoms with van der Waals surface area (Å²) in [6.45, 7) is 6.58. The predicted octanol–water partition coefficient (Wildman–Crippen LogP) is 3.47. The zero-order chi connectivity index (χ0) is 16.2. The van der Waals surface area contributed by atoms with E-state index >= 15 is 0 Å². The molecule has 0 saturated carbocycles. The van der Waals surface area contributed by atoms with Gasteiger partial charge in [0.25, 0.3) is 0 Å². The lowest BCUT2D eigenvalue weighted by atomic mass is 10.1. The smallest absolute Gasteiger partial charge is 0.246 e. The molecule has 0 saturated heterocycles. The van der Waals surface area contributed by atoms with Crippen molar-refractivity contribution < 1.29 is 4.52 Å². The molecule has 0 bridgehead atoms. The Balaban J connectivity index is 0.00000264. The van der Waals surface area contributed by atoms with Crippen molar-refractivity contribution in [3.63, 3.8) is 0 Å². The van der Waals surface area contributed by atoms with Crippen molar-refractivity contribution >= 4 is 41.5 Å². The van der Waals surface area contributed by atoms with Gasteiger partial charge in [-0.3, -0.25) is 4.99 Å². The quantitative estimate of drug-likeness (QED) is 0.426. The summed E-state index contributed by atoms with van der Waals surface area (Å²) in [4.78, 5) is 8.50. The zero-order valence-corrected chi connectivity index (χ0v) is 16.6. The summed E-state index contributed by atoms with van der Waals surface area (Å²) in [7, 11) is 1.72. The van der Waals surface area contributed by atoms with E-state index in [1.807, 2.05) is 12.1 Å². The Morgan fingerprint density at radius 3 is 2.48 bits per heavy atom. The minimum atomic E-state index is -0.0782. The molecule has 2 aromatic rings. The Morgan fingerprint density at radius 1 is 1.26 bits per heavy atom. The fourth-order valence-electron chi connectivity index (χ4n) is 1.74. The predicted molar refractivity (Wildman–Crippen MR) is 103 cm³/mol. The van der Waals surface area contributed by atoms with Crippen molar-refractivity contribution in [1.82, 2.24) is 20.8 Å². The van der Waals surface area contributed by atoms with Gasteiger partial charge >= 0.3 is 0 Å². The Labute approximate surface area is 158 Å². The van der Waals surface area contributed by atoms with E-state index in [0.29, 0.717) is 29.2 Å². The van der Waals surface area contributed by atoms with Crippen LogP contribution in [0.25, 0.3) is 11.4 Å².